The maximum Gasteiger partial charge on any atom is 0.255 e. The van der Waals surface area contributed by atoms with E-state index in [2.05, 4.69) is 15.0 Å². The molecule has 0 radical (unpaired) electrons. The van der Waals surface area contributed by atoms with E-state index >= 15 is 0 Å². The van der Waals surface area contributed by atoms with Gasteiger partial charge < -0.3 is 22.2 Å². The minimum Gasteiger partial charge on any atom is -0.370 e. The summed E-state index contributed by atoms with van der Waals surface area (Å²) in [7, 11) is 0. The lowest BCUT2D eigenvalue weighted by Gasteiger charge is -1.99. The van der Waals surface area contributed by atoms with E-state index in [4.69, 9.17) is 17.2 Å². The number of rotatable bonds is 1. The topological polar surface area (TPSA) is 136 Å². The molecule has 2 aromatic rings. The van der Waals surface area contributed by atoms with Crippen LogP contribution in [-0.4, -0.2) is 16.9 Å². The van der Waals surface area contributed by atoms with Crippen molar-refractivity contribution >= 4 is 28.4 Å². The molecule has 0 atom stereocenters. The van der Waals surface area contributed by atoms with Gasteiger partial charge >= 0.3 is 0 Å². The number of H-pyrrole nitrogens is 1. The van der Waals surface area contributed by atoms with Crippen molar-refractivity contribution in [1.29, 1.82) is 0 Å². The summed E-state index contributed by atoms with van der Waals surface area (Å²) in [5.41, 5.74) is 16.2. The Morgan fingerprint density at radius 3 is 2.67 bits per heavy atom. The maximum atomic E-state index is 11.6. The van der Waals surface area contributed by atoms with E-state index < -0.39 is 0 Å². The lowest BCUT2D eigenvalue weighted by molar-refractivity contribution is 1.27. The van der Waals surface area contributed by atoms with Gasteiger partial charge in [-0.15, -0.1) is 0 Å². The molecule has 2 rings (SSSR count). The summed E-state index contributed by atoms with van der Waals surface area (Å²) in [5, 5.41) is 1.34. The zero-order chi connectivity index (χ0) is 13.1. The standard InChI is InChI=1S/C11H12N6O/c12-10(13)17-11(14)16-7-2-1-6-3-4-15-9(18)8(6)5-7/h1-5H,(H,15,18)(H6,12,13,14,16,17). The van der Waals surface area contributed by atoms with Crippen molar-refractivity contribution in [3.05, 3.63) is 40.8 Å². The number of guanidine groups is 2. The van der Waals surface area contributed by atoms with Crippen molar-refractivity contribution in [3.8, 4) is 0 Å². The van der Waals surface area contributed by atoms with Crippen molar-refractivity contribution in [2.24, 2.45) is 27.2 Å². The fourth-order valence-electron chi connectivity index (χ4n) is 1.53. The molecule has 1 aromatic carbocycles. The van der Waals surface area contributed by atoms with Gasteiger partial charge in [-0.25, -0.2) is 4.99 Å². The number of aliphatic imine (C=N–C) groups is 2. The number of pyridine rings is 1. The molecule has 18 heavy (non-hydrogen) atoms. The van der Waals surface area contributed by atoms with E-state index in [1.165, 1.54) is 0 Å². The van der Waals surface area contributed by atoms with Crippen LogP contribution in [-0.2, 0) is 0 Å². The van der Waals surface area contributed by atoms with E-state index in [0.29, 0.717) is 11.1 Å². The number of hydrogen-bond acceptors (Lipinski definition) is 2. The van der Waals surface area contributed by atoms with Crippen molar-refractivity contribution in [2.75, 3.05) is 0 Å². The van der Waals surface area contributed by atoms with Gasteiger partial charge in [0.15, 0.2) is 5.96 Å². The number of hydrogen-bond donors (Lipinski definition) is 4. The molecule has 0 unspecified atom stereocenters. The van der Waals surface area contributed by atoms with Crippen LogP contribution >= 0.6 is 0 Å². The van der Waals surface area contributed by atoms with Crippen LogP contribution in [0.2, 0.25) is 0 Å². The first-order valence-corrected chi connectivity index (χ1v) is 5.11. The average molecular weight is 244 g/mol. The Morgan fingerprint density at radius 1 is 1.17 bits per heavy atom. The molecule has 0 saturated carbocycles. The zero-order valence-corrected chi connectivity index (χ0v) is 9.42. The first-order valence-electron chi connectivity index (χ1n) is 5.11. The summed E-state index contributed by atoms with van der Waals surface area (Å²) in [6.45, 7) is 0. The molecule has 0 saturated heterocycles. The Kier molecular flexibility index (Phi) is 2.96. The molecule has 7 N–H and O–H groups in total. The highest BCUT2D eigenvalue weighted by atomic mass is 16.1. The van der Waals surface area contributed by atoms with Crippen molar-refractivity contribution < 1.29 is 0 Å². The number of aromatic nitrogens is 1. The van der Waals surface area contributed by atoms with Crippen LogP contribution in [0, 0.1) is 0 Å². The molecule has 0 aliphatic heterocycles. The van der Waals surface area contributed by atoms with Crippen LogP contribution in [0.4, 0.5) is 5.69 Å². The van der Waals surface area contributed by atoms with E-state index in [0.717, 1.165) is 5.39 Å². The van der Waals surface area contributed by atoms with Gasteiger partial charge in [0, 0.05) is 11.6 Å². The second-order valence-corrected chi connectivity index (χ2v) is 3.59. The molecule has 0 aliphatic carbocycles. The number of nitrogens with zero attached hydrogens (tertiary/aromatic N) is 2. The lowest BCUT2D eigenvalue weighted by Crippen LogP contribution is -2.26. The summed E-state index contributed by atoms with van der Waals surface area (Å²) in [6, 6.07) is 6.90. The largest absolute Gasteiger partial charge is 0.370 e. The second kappa shape index (κ2) is 4.58. The van der Waals surface area contributed by atoms with E-state index in [-0.39, 0.29) is 17.5 Å². The van der Waals surface area contributed by atoms with Gasteiger partial charge in [-0.3, -0.25) is 4.79 Å². The minimum atomic E-state index is -0.190. The molecule has 1 aromatic heterocycles. The molecule has 0 bridgehead atoms. The first kappa shape index (κ1) is 11.6. The monoisotopic (exact) mass is 244 g/mol. The van der Waals surface area contributed by atoms with E-state index in [1.54, 1.807) is 30.5 Å². The summed E-state index contributed by atoms with van der Waals surface area (Å²) < 4.78 is 0. The third kappa shape index (κ3) is 2.46. The van der Waals surface area contributed by atoms with Gasteiger partial charge in [0.2, 0.25) is 5.96 Å². The van der Waals surface area contributed by atoms with Crippen LogP contribution in [0.3, 0.4) is 0 Å². The Bertz CT molecular complexity index is 696. The highest BCUT2D eigenvalue weighted by molar-refractivity contribution is 5.94. The Morgan fingerprint density at radius 2 is 1.94 bits per heavy atom. The molecular weight excluding hydrogens is 232 g/mol. The molecule has 7 heteroatoms. The van der Waals surface area contributed by atoms with Gasteiger partial charge in [-0.2, -0.15) is 4.99 Å². The summed E-state index contributed by atoms with van der Waals surface area (Å²) >= 11 is 0. The minimum absolute atomic E-state index is 0.0679. The molecular formula is C11H12N6O. The van der Waals surface area contributed by atoms with Crippen molar-refractivity contribution in [1.82, 2.24) is 4.98 Å². The van der Waals surface area contributed by atoms with Crippen LogP contribution in [0.1, 0.15) is 0 Å². The summed E-state index contributed by atoms with van der Waals surface area (Å²) in [6.07, 6.45) is 1.58. The normalized spacial score (nSPS) is 11.4. The van der Waals surface area contributed by atoms with E-state index in [1.807, 2.05) is 0 Å². The maximum absolute atomic E-state index is 11.6. The van der Waals surface area contributed by atoms with Crippen molar-refractivity contribution in [3.63, 3.8) is 0 Å². The van der Waals surface area contributed by atoms with Crippen LogP contribution < -0.4 is 22.8 Å². The predicted octanol–water partition coefficient (Wildman–Crippen LogP) is -0.252. The molecule has 0 spiro atoms. The van der Waals surface area contributed by atoms with Gasteiger partial charge in [-0.1, -0.05) is 6.07 Å². The summed E-state index contributed by atoms with van der Waals surface area (Å²) in [5.74, 6) is -0.239. The number of nitrogens with one attached hydrogen (secondary N) is 1. The molecule has 7 nitrogen and oxygen atoms in total. The number of fused-ring (bicyclic) bond motifs is 1. The van der Waals surface area contributed by atoms with Crippen molar-refractivity contribution in [2.45, 2.75) is 0 Å². The Balaban J connectivity index is 2.51. The highest BCUT2D eigenvalue weighted by Gasteiger charge is 1.99. The average Bonchev–Trinajstić information content (AvgIpc) is 2.29. The van der Waals surface area contributed by atoms with Crippen LogP contribution in [0.5, 0.6) is 0 Å². The molecule has 1 heterocycles. The molecule has 92 valence electrons. The molecule has 0 aliphatic rings. The summed E-state index contributed by atoms with van der Waals surface area (Å²) in [4.78, 5) is 21.7. The smallest absolute Gasteiger partial charge is 0.255 e. The number of benzene rings is 1. The Labute approximate surface area is 102 Å². The molecule has 0 amide bonds. The third-order valence-electron chi connectivity index (χ3n) is 2.25. The van der Waals surface area contributed by atoms with Crippen LogP contribution in [0.25, 0.3) is 10.8 Å². The highest BCUT2D eigenvalue weighted by Crippen LogP contribution is 2.18. The van der Waals surface area contributed by atoms with Gasteiger partial charge in [0.05, 0.1) is 5.69 Å². The quantitative estimate of drug-likeness (QED) is 0.406. The van der Waals surface area contributed by atoms with E-state index in [9.17, 15) is 4.79 Å². The zero-order valence-electron chi connectivity index (χ0n) is 9.42. The molecule has 0 fully saturated rings. The third-order valence-corrected chi connectivity index (χ3v) is 2.25. The second-order valence-electron chi connectivity index (χ2n) is 3.59. The number of aromatic amines is 1. The lowest BCUT2D eigenvalue weighted by atomic mass is 10.1. The van der Waals surface area contributed by atoms with Gasteiger partial charge in [0.1, 0.15) is 0 Å². The predicted molar refractivity (Wildman–Crippen MR) is 71.7 cm³/mol. The fraction of sp³-hybridized carbons (Fsp3) is 0. The number of nitrogens with two attached hydrogens (primary N) is 3. The van der Waals surface area contributed by atoms with Crippen LogP contribution in [0.15, 0.2) is 45.2 Å². The van der Waals surface area contributed by atoms with Gasteiger partial charge in [-0.05, 0) is 23.6 Å². The Hall–Kier alpha value is -2.83. The first-order chi connectivity index (χ1) is 8.56. The van der Waals surface area contributed by atoms with Gasteiger partial charge in [0.25, 0.3) is 5.56 Å². The SMILES string of the molecule is NC(N)=NC(N)=Nc1ccc2cc[nH]c(=O)c2c1. The fourth-order valence-corrected chi connectivity index (χ4v) is 1.53.